The molecule has 0 unspecified atom stereocenters. The summed E-state index contributed by atoms with van der Waals surface area (Å²) in [5.41, 5.74) is 7.11. The van der Waals surface area contributed by atoms with Crippen molar-refractivity contribution >= 4 is 10.0 Å². The Hall–Kier alpha value is -1.15. The van der Waals surface area contributed by atoms with E-state index in [1.807, 2.05) is 26.8 Å². The molecule has 148 valence electrons. The van der Waals surface area contributed by atoms with Crippen molar-refractivity contribution < 1.29 is 17.9 Å². The highest BCUT2D eigenvalue weighted by atomic mass is 32.2. The lowest BCUT2D eigenvalue weighted by Crippen LogP contribution is -2.41. The van der Waals surface area contributed by atoms with Gasteiger partial charge in [0, 0.05) is 19.7 Å². The largest absolute Gasteiger partial charge is 0.496 e. The Bertz CT molecular complexity index is 696. The van der Waals surface area contributed by atoms with Gasteiger partial charge in [0.2, 0.25) is 10.0 Å². The molecule has 0 bridgehead atoms. The van der Waals surface area contributed by atoms with Gasteiger partial charge in [-0.05, 0) is 61.9 Å². The third kappa shape index (κ3) is 4.76. The molecule has 1 aliphatic heterocycles. The van der Waals surface area contributed by atoms with Gasteiger partial charge >= 0.3 is 0 Å². The molecule has 1 aromatic rings. The minimum Gasteiger partial charge on any atom is -0.496 e. The number of sulfonamides is 1. The summed E-state index contributed by atoms with van der Waals surface area (Å²) in [6.45, 7) is 8.12. The van der Waals surface area contributed by atoms with Crippen LogP contribution in [0.25, 0.3) is 0 Å². The summed E-state index contributed by atoms with van der Waals surface area (Å²) in [7, 11) is -1.90. The summed E-state index contributed by atoms with van der Waals surface area (Å²) in [4.78, 5) is 0.379. The van der Waals surface area contributed by atoms with E-state index in [4.69, 9.17) is 15.2 Å². The van der Waals surface area contributed by atoms with Crippen molar-refractivity contribution in [2.45, 2.75) is 57.0 Å². The average molecular weight is 385 g/mol. The molecule has 0 amide bonds. The highest BCUT2D eigenvalue weighted by Crippen LogP contribution is 2.33. The van der Waals surface area contributed by atoms with Crippen molar-refractivity contribution in [3.63, 3.8) is 0 Å². The highest BCUT2D eigenvalue weighted by molar-refractivity contribution is 7.89. The number of rotatable bonds is 8. The lowest BCUT2D eigenvalue weighted by molar-refractivity contribution is 0.0209. The Morgan fingerprint density at radius 1 is 1.27 bits per heavy atom. The first-order valence-electron chi connectivity index (χ1n) is 9.31. The van der Waals surface area contributed by atoms with Crippen LogP contribution in [0.5, 0.6) is 5.75 Å². The van der Waals surface area contributed by atoms with E-state index in [-0.39, 0.29) is 12.0 Å². The Kier molecular flexibility index (Phi) is 7.46. The molecule has 0 saturated carbocycles. The predicted octanol–water partition coefficient (Wildman–Crippen LogP) is 2.65. The van der Waals surface area contributed by atoms with Crippen LogP contribution in [0, 0.1) is 6.92 Å². The smallest absolute Gasteiger partial charge is 0.243 e. The zero-order valence-corrected chi connectivity index (χ0v) is 17.1. The monoisotopic (exact) mass is 384 g/mol. The van der Waals surface area contributed by atoms with Crippen molar-refractivity contribution in [1.82, 2.24) is 4.31 Å². The number of nitrogens with zero attached hydrogens (tertiary/aromatic N) is 1. The minimum absolute atomic E-state index is 0.121. The lowest BCUT2D eigenvalue weighted by atomic mass is 10.0. The molecule has 0 radical (unpaired) electrons. The van der Waals surface area contributed by atoms with E-state index in [0.29, 0.717) is 36.7 Å². The molecule has 0 aromatic heterocycles. The van der Waals surface area contributed by atoms with Gasteiger partial charge < -0.3 is 15.2 Å². The number of piperidine rings is 1. The van der Waals surface area contributed by atoms with E-state index in [9.17, 15) is 8.42 Å². The van der Waals surface area contributed by atoms with Gasteiger partial charge in [-0.15, -0.1) is 0 Å². The van der Waals surface area contributed by atoms with E-state index in [0.717, 1.165) is 30.6 Å². The first-order chi connectivity index (χ1) is 12.3. The quantitative estimate of drug-likeness (QED) is 0.697. The van der Waals surface area contributed by atoms with Gasteiger partial charge in [-0.25, -0.2) is 8.42 Å². The van der Waals surface area contributed by atoms with Gasteiger partial charge in [0.15, 0.2) is 0 Å². The summed E-state index contributed by atoms with van der Waals surface area (Å²) in [6.07, 6.45) is 2.39. The summed E-state index contributed by atoms with van der Waals surface area (Å²) in [5.74, 6) is 0.921. The topological polar surface area (TPSA) is 81.9 Å². The second kappa shape index (κ2) is 9.17. The molecule has 2 N–H and O–H groups in total. The van der Waals surface area contributed by atoms with Crippen LogP contribution in [-0.4, -0.2) is 52.2 Å². The van der Waals surface area contributed by atoms with Crippen LogP contribution in [0.4, 0.5) is 0 Å². The first-order valence-corrected chi connectivity index (χ1v) is 10.8. The Morgan fingerprint density at radius 2 is 1.92 bits per heavy atom. The zero-order valence-electron chi connectivity index (χ0n) is 16.3. The van der Waals surface area contributed by atoms with Crippen molar-refractivity contribution in [3.05, 3.63) is 23.3 Å². The Morgan fingerprint density at radius 3 is 2.46 bits per heavy atom. The van der Waals surface area contributed by atoms with Crippen LogP contribution in [0.2, 0.25) is 0 Å². The third-order valence-corrected chi connectivity index (χ3v) is 6.91. The fourth-order valence-electron chi connectivity index (χ4n) is 3.29. The zero-order chi connectivity index (χ0) is 19.3. The van der Waals surface area contributed by atoms with Gasteiger partial charge in [0.05, 0.1) is 18.1 Å². The van der Waals surface area contributed by atoms with Gasteiger partial charge in [-0.2, -0.15) is 4.31 Å². The van der Waals surface area contributed by atoms with E-state index in [1.165, 1.54) is 0 Å². The predicted molar refractivity (Wildman–Crippen MR) is 103 cm³/mol. The molecular formula is C19H32N2O4S. The molecule has 1 aromatic carbocycles. The van der Waals surface area contributed by atoms with E-state index >= 15 is 0 Å². The number of methoxy groups -OCH3 is 1. The second-order valence-electron chi connectivity index (χ2n) is 7.13. The van der Waals surface area contributed by atoms with E-state index in [2.05, 4.69) is 0 Å². The number of aryl methyl sites for hydroxylation is 1. The second-order valence-corrected chi connectivity index (χ2v) is 9.04. The highest BCUT2D eigenvalue weighted by Gasteiger charge is 2.31. The van der Waals surface area contributed by atoms with Crippen LogP contribution in [-0.2, 0) is 14.8 Å². The van der Waals surface area contributed by atoms with Crippen LogP contribution in [0.3, 0.4) is 0 Å². The molecule has 6 nitrogen and oxygen atoms in total. The molecule has 0 aliphatic carbocycles. The molecule has 1 aliphatic rings. The maximum absolute atomic E-state index is 13.2. The number of ether oxygens (including phenoxy) is 2. The van der Waals surface area contributed by atoms with Gasteiger partial charge in [0.1, 0.15) is 5.75 Å². The number of nitrogens with two attached hydrogens (primary N) is 1. The van der Waals surface area contributed by atoms with Crippen LogP contribution in [0.15, 0.2) is 17.0 Å². The number of hydrogen-bond acceptors (Lipinski definition) is 5. The Balaban J connectivity index is 2.17. The van der Waals surface area contributed by atoms with Crippen molar-refractivity contribution in [1.29, 1.82) is 0 Å². The third-order valence-electron chi connectivity index (χ3n) is 4.87. The summed E-state index contributed by atoms with van der Waals surface area (Å²) in [6, 6.07) is 3.60. The van der Waals surface area contributed by atoms with Crippen molar-refractivity contribution in [2.24, 2.45) is 5.73 Å². The van der Waals surface area contributed by atoms with E-state index < -0.39 is 10.0 Å². The maximum atomic E-state index is 13.2. The summed E-state index contributed by atoms with van der Waals surface area (Å²) >= 11 is 0. The molecule has 1 fully saturated rings. The summed E-state index contributed by atoms with van der Waals surface area (Å²) in [5, 5.41) is 0. The van der Waals surface area contributed by atoms with Crippen molar-refractivity contribution in [2.75, 3.05) is 33.4 Å². The molecule has 0 atom stereocenters. The van der Waals surface area contributed by atoms with Gasteiger partial charge in [0.25, 0.3) is 0 Å². The fourth-order valence-corrected chi connectivity index (χ4v) is 5.01. The van der Waals surface area contributed by atoms with Crippen LogP contribution >= 0.6 is 0 Å². The van der Waals surface area contributed by atoms with Crippen molar-refractivity contribution in [3.8, 4) is 5.75 Å². The lowest BCUT2D eigenvalue weighted by Gasteiger charge is -2.31. The number of benzene rings is 1. The minimum atomic E-state index is -3.52. The van der Waals surface area contributed by atoms with E-state index in [1.54, 1.807) is 17.5 Å². The normalized spacial score (nSPS) is 17.0. The maximum Gasteiger partial charge on any atom is 0.243 e. The fraction of sp³-hybridized carbons (Fsp3) is 0.684. The Labute approximate surface area is 157 Å². The first kappa shape index (κ1) is 21.2. The SMILES string of the molecule is COc1cc(C)c(S(=O)(=O)N2CCC(OCCCN)CC2)cc1C(C)C. The molecule has 2 rings (SSSR count). The van der Waals surface area contributed by atoms with Crippen LogP contribution < -0.4 is 10.5 Å². The number of hydrogen-bond donors (Lipinski definition) is 1. The average Bonchev–Trinajstić information content (AvgIpc) is 2.61. The molecule has 7 heteroatoms. The molecule has 1 heterocycles. The molecule has 26 heavy (non-hydrogen) atoms. The molecular weight excluding hydrogens is 352 g/mol. The van der Waals surface area contributed by atoms with Gasteiger partial charge in [-0.1, -0.05) is 13.8 Å². The van der Waals surface area contributed by atoms with Crippen LogP contribution in [0.1, 0.15) is 50.2 Å². The molecule has 0 spiro atoms. The molecule has 1 saturated heterocycles. The summed E-state index contributed by atoms with van der Waals surface area (Å²) < 4.78 is 39.1. The standard InChI is InChI=1S/C19H32N2O4S/c1-14(2)17-13-19(15(3)12-18(17)24-4)26(22,23)21-9-6-16(7-10-21)25-11-5-8-20/h12-14,16H,5-11,20H2,1-4H3. The van der Waals surface area contributed by atoms with Gasteiger partial charge in [-0.3, -0.25) is 0 Å².